The Bertz CT molecular complexity index is 1510. The van der Waals surface area contributed by atoms with E-state index in [4.69, 9.17) is 9.72 Å². The van der Waals surface area contributed by atoms with Gasteiger partial charge < -0.3 is 24.6 Å². The molecule has 0 bridgehead atoms. The Morgan fingerprint density at radius 1 is 1.15 bits per heavy atom. The van der Waals surface area contributed by atoms with Crippen LogP contribution in [0.5, 0.6) is 0 Å². The number of rotatable bonds is 7. The van der Waals surface area contributed by atoms with Crippen LogP contribution >= 0.6 is 36.6 Å². The van der Waals surface area contributed by atoms with Gasteiger partial charge in [-0.05, 0) is 49.7 Å². The largest absolute Gasteiger partial charge is 0.458 e. The number of carbonyl (C=O) groups excluding carboxylic acids is 1. The summed E-state index contributed by atoms with van der Waals surface area (Å²) in [5.74, 6) is 0.266. The van der Waals surface area contributed by atoms with Gasteiger partial charge in [0.2, 0.25) is 0 Å². The van der Waals surface area contributed by atoms with Crippen LogP contribution in [-0.4, -0.2) is 57.5 Å². The lowest BCUT2D eigenvalue weighted by atomic mass is 9.86. The Morgan fingerprint density at radius 2 is 1.92 bits per heavy atom. The summed E-state index contributed by atoms with van der Waals surface area (Å²) in [6.07, 6.45) is 1.04. The monoisotopic (exact) mass is 592 g/mol. The highest BCUT2D eigenvalue weighted by atomic mass is 35.5. The summed E-state index contributed by atoms with van der Waals surface area (Å²) < 4.78 is 6.93. The van der Waals surface area contributed by atoms with Crippen LogP contribution in [0.4, 0.5) is 5.69 Å². The van der Waals surface area contributed by atoms with Gasteiger partial charge >= 0.3 is 5.97 Å². The molecular formula is C28H34Cl2N4O4S. The third-order valence-corrected chi connectivity index (χ3v) is 9.28. The van der Waals surface area contributed by atoms with Gasteiger partial charge in [-0.25, -0.2) is 9.78 Å². The number of aromatic nitrogens is 2. The van der Waals surface area contributed by atoms with E-state index < -0.39 is 11.6 Å². The number of aryl methyl sites for hydroxylation is 1. The van der Waals surface area contributed by atoms with Gasteiger partial charge in [-0.15, -0.1) is 36.6 Å². The first kappa shape index (κ1) is 29.7. The number of nitrogens with one attached hydrogen (secondary N) is 1. The smallest absolute Gasteiger partial charge is 0.343 e. The maximum absolute atomic E-state index is 13.5. The summed E-state index contributed by atoms with van der Waals surface area (Å²) in [7, 11) is 0. The van der Waals surface area contributed by atoms with Crippen LogP contribution in [0, 0.1) is 0 Å². The predicted octanol–water partition coefficient (Wildman–Crippen LogP) is 4.33. The second-order valence-corrected chi connectivity index (χ2v) is 11.0. The van der Waals surface area contributed by atoms with Crippen molar-refractivity contribution < 1.29 is 14.6 Å². The van der Waals surface area contributed by atoms with Gasteiger partial charge in [-0.3, -0.25) is 4.79 Å². The molecule has 6 rings (SSSR count). The number of esters is 1. The van der Waals surface area contributed by atoms with E-state index in [0.29, 0.717) is 23.4 Å². The fourth-order valence-electron chi connectivity index (χ4n) is 5.94. The van der Waals surface area contributed by atoms with Gasteiger partial charge in [0.15, 0.2) is 5.60 Å². The van der Waals surface area contributed by atoms with Crippen LogP contribution in [0.1, 0.15) is 49.4 Å². The minimum Gasteiger partial charge on any atom is -0.458 e. The van der Waals surface area contributed by atoms with Gasteiger partial charge in [0.05, 0.1) is 29.0 Å². The SMILES string of the molecule is CCN(CC)CCNc1ccc2nc3c(c4c2c1SCC4)Cn1c-3cc2c(c1=O)COC(=O)C2(O)CC.Cl.Cl. The van der Waals surface area contributed by atoms with Gasteiger partial charge in [0.1, 0.15) is 6.61 Å². The number of nitrogens with zero attached hydrogens (tertiary/aromatic N) is 3. The molecule has 3 aliphatic rings. The predicted molar refractivity (Wildman–Crippen MR) is 160 cm³/mol. The molecule has 0 radical (unpaired) electrons. The number of thioether (sulfide) groups is 1. The molecule has 0 saturated carbocycles. The molecule has 39 heavy (non-hydrogen) atoms. The molecule has 0 saturated heterocycles. The topological polar surface area (TPSA) is 96.7 Å². The zero-order valence-electron chi connectivity index (χ0n) is 22.3. The number of hydrogen-bond donors (Lipinski definition) is 2. The molecule has 210 valence electrons. The summed E-state index contributed by atoms with van der Waals surface area (Å²) in [5, 5.41) is 16.0. The lowest BCUT2D eigenvalue weighted by molar-refractivity contribution is -0.172. The first-order chi connectivity index (χ1) is 17.9. The summed E-state index contributed by atoms with van der Waals surface area (Å²) >= 11 is 1.86. The number of benzene rings is 1. The summed E-state index contributed by atoms with van der Waals surface area (Å²) in [4.78, 5) is 34.7. The number of fused-ring (bicyclic) bond motifs is 5. The summed E-state index contributed by atoms with van der Waals surface area (Å²) in [5.41, 5.74) is 4.50. The summed E-state index contributed by atoms with van der Waals surface area (Å²) in [6.45, 7) is 10.4. The van der Waals surface area contributed by atoms with Crippen LogP contribution in [0.15, 0.2) is 27.9 Å². The fraction of sp³-hybridized carbons (Fsp3) is 0.464. The first-order valence-electron chi connectivity index (χ1n) is 13.2. The van der Waals surface area contributed by atoms with E-state index >= 15 is 0 Å². The highest BCUT2D eigenvalue weighted by molar-refractivity contribution is 7.99. The van der Waals surface area contributed by atoms with Crippen molar-refractivity contribution in [3.8, 4) is 11.4 Å². The highest BCUT2D eigenvalue weighted by Crippen LogP contribution is 2.46. The normalized spacial score (nSPS) is 18.5. The number of carbonyl (C=O) groups is 1. The van der Waals surface area contributed by atoms with E-state index in [1.807, 2.05) is 11.8 Å². The van der Waals surface area contributed by atoms with Crippen molar-refractivity contribution in [1.82, 2.24) is 14.5 Å². The number of ether oxygens (including phenoxy) is 1. The molecule has 11 heteroatoms. The standard InChI is InChI=1S/C28H32N4O4S.2ClH/c1-4-28(35)19-13-22-24-17(14-32(22)26(33)18(19)15-36-27(28)34)16-9-12-37-25-21(8-7-20(30-24)23(16)25)29-10-11-31(5-2)6-3;;/h7-8,13,29,35H,4-6,9-12,14-15H2,1-3H3;2*1H. The van der Waals surface area contributed by atoms with Crippen molar-refractivity contribution in [3.05, 3.63) is 50.8 Å². The second-order valence-electron chi connectivity index (χ2n) is 9.91. The third-order valence-electron chi connectivity index (χ3n) is 8.16. The van der Waals surface area contributed by atoms with Crippen molar-refractivity contribution in [2.75, 3.05) is 37.2 Å². The van der Waals surface area contributed by atoms with Crippen molar-refractivity contribution >= 4 is 59.1 Å². The van der Waals surface area contributed by atoms with E-state index in [9.17, 15) is 14.7 Å². The van der Waals surface area contributed by atoms with Gasteiger partial charge in [0.25, 0.3) is 5.56 Å². The molecule has 1 aromatic carbocycles. The van der Waals surface area contributed by atoms with Gasteiger partial charge in [0, 0.05) is 45.9 Å². The van der Waals surface area contributed by atoms with Gasteiger partial charge in [-0.1, -0.05) is 20.8 Å². The molecule has 5 heterocycles. The number of anilines is 1. The molecule has 0 spiro atoms. The lowest BCUT2D eigenvalue weighted by Gasteiger charge is -2.31. The molecule has 2 N–H and O–H groups in total. The first-order valence-corrected chi connectivity index (χ1v) is 14.1. The number of aliphatic hydroxyl groups is 1. The Labute approximate surface area is 244 Å². The maximum atomic E-state index is 13.5. The van der Waals surface area contributed by atoms with E-state index in [2.05, 4.69) is 36.2 Å². The van der Waals surface area contributed by atoms with Crippen LogP contribution in [-0.2, 0) is 34.7 Å². The number of halogens is 2. The van der Waals surface area contributed by atoms with E-state index in [1.165, 1.54) is 15.8 Å². The van der Waals surface area contributed by atoms with Crippen LogP contribution < -0.4 is 10.9 Å². The zero-order chi connectivity index (χ0) is 25.9. The molecule has 2 aromatic heterocycles. The molecular weight excluding hydrogens is 559 g/mol. The number of likely N-dealkylation sites (N-methyl/N-ethyl adjacent to an activating group) is 1. The third kappa shape index (κ3) is 4.52. The molecule has 0 aliphatic carbocycles. The Hall–Kier alpha value is -2.30. The second kappa shape index (κ2) is 11.3. The maximum Gasteiger partial charge on any atom is 0.343 e. The van der Waals surface area contributed by atoms with Crippen LogP contribution in [0.25, 0.3) is 22.3 Å². The molecule has 8 nitrogen and oxygen atoms in total. The highest BCUT2D eigenvalue weighted by Gasteiger charge is 2.45. The number of hydrogen-bond acceptors (Lipinski definition) is 8. The number of cyclic esters (lactones) is 1. The Morgan fingerprint density at radius 3 is 2.64 bits per heavy atom. The van der Waals surface area contributed by atoms with E-state index in [-0.39, 0.29) is 43.4 Å². The molecule has 3 aromatic rings. The Balaban J connectivity index is 0.00000176. The zero-order valence-corrected chi connectivity index (χ0v) is 24.8. The molecule has 0 fully saturated rings. The minimum absolute atomic E-state index is 0. The quantitative estimate of drug-likeness (QED) is 0.306. The van der Waals surface area contributed by atoms with E-state index in [1.54, 1.807) is 17.6 Å². The lowest BCUT2D eigenvalue weighted by Crippen LogP contribution is -2.44. The van der Waals surface area contributed by atoms with E-state index in [0.717, 1.165) is 60.8 Å². The minimum atomic E-state index is -1.81. The molecule has 3 aliphatic heterocycles. The van der Waals surface area contributed by atoms with Crippen molar-refractivity contribution in [1.29, 1.82) is 0 Å². The van der Waals surface area contributed by atoms with Crippen LogP contribution in [0.2, 0.25) is 0 Å². The average molecular weight is 594 g/mol. The molecule has 1 unspecified atom stereocenters. The van der Waals surface area contributed by atoms with Crippen LogP contribution in [0.3, 0.4) is 0 Å². The average Bonchev–Trinajstić information content (AvgIpc) is 3.29. The van der Waals surface area contributed by atoms with Crippen molar-refractivity contribution in [2.24, 2.45) is 0 Å². The number of pyridine rings is 2. The van der Waals surface area contributed by atoms with Crippen molar-refractivity contribution in [2.45, 2.75) is 57.3 Å². The summed E-state index contributed by atoms with van der Waals surface area (Å²) in [6, 6.07) is 5.97. The van der Waals surface area contributed by atoms with Gasteiger partial charge in [-0.2, -0.15) is 0 Å². The molecule has 1 atom stereocenters. The van der Waals surface area contributed by atoms with Crippen molar-refractivity contribution in [3.63, 3.8) is 0 Å². The fourth-order valence-corrected chi connectivity index (χ4v) is 7.12. The Kier molecular flexibility index (Phi) is 8.59. The molecule has 0 amide bonds.